The summed E-state index contributed by atoms with van der Waals surface area (Å²) in [6, 6.07) is 0. The van der Waals surface area contributed by atoms with Crippen LogP contribution >= 0.6 is 0 Å². The maximum absolute atomic E-state index is 13.3. The second-order valence-corrected chi connectivity index (χ2v) is 11.5. The summed E-state index contributed by atoms with van der Waals surface area (Å²) in [6.45, 7) is 7.94. The second-order valence-electron chi connectivity index (χ2n) is 11.5. The van der Waals surface area contributed by atoms with Gasteiger partial charge in [0.2, 0.25) is 0 Å². The third-order valence-corrected chi connectivity index (χ3v) is 6.61. The molecular formula is C31H57NO18. The number of rotatable bonds is 33. The number of quaternary nitrogens is 1. The number of methoxy groups -OCH3 is 3. The number of hydroxylamine groups is 2. The van der Waals surface area contributed by atoms with Gasteiger partial charge >= 0.3 is 29.7 Å². The van der Waals surface area contributed by atoms with Crippen LogP contribution in [0, 0.1) is 16.0 Å². The predicted octanol–water partition coefficient (Wildman–Crippen LogP) is -0.824. The summed E-state index contributed by atoms with van der Waals surface area (Å²) >= 11 is 0. The molecule has 0 fully saturated rings. The van der Waals surface area contributed by atoms with Gasteiger partial charge in [0.25, 0.3) is 0 Å². The standard InChI is InChI=1S/C31H57NO18/c1-8-42-23-29(2,21-39-5)26(35)49-31(4,28(37)41-7)50-27(36)30(3,22-40-6)24-47-18-17-45-14-13-43-11-12-44-15-16-46-19-20-48-32(38)10-9-25(33)34/h32H,8-24H2,1-7H3,(H,33,34). The number of hydrogen-bond donors (Lipinski definition) is 2. The number of nitrogens with one attached hydrogen (secondary N) is 1. The van der Waals surface area contributed by atoms with Crippen molar-refractivity contribution in [3.8, 4) is 0 Å². The molecule has 294 valence electrons. The van der Waals surface area contributed by atoms with Gasteiger partial charge in [0.15, 0.2) is 0 Å². The highest BCUT2D eigenvalue weighted by molar-refractivity contribution is 5.87. The summed E-state index contributed by atoms with van der Waals surface area (Å²) in [6.07, 6.45) is -0.275. The van der Waals surface area contributed by atoms with E-state index in [4.69, 9.17) is 62.0 Å². The van der Waals surface area contributed by atoms with Crippen LogP contribution in [0.1, 0.15) is 34.1 Å². The topological polar surface area (TPSA) is 227 Å². The molecule has 0 saturated heterocycles. The van der Waals surface area contributed by atoms with Gasteiger partial charge in [-0.2, -0.15) is 0 Å². The first kappa shape index (κ1) is 47.4. The van der Waals surface area contributed by atoms with Crippen LogP contribution in [0.25, 0.3) is 0 Å². The predicted molar refractivity (Wildman–Crippen MR) is 171 cm³/mol. The molecule has 0 bridgehead atoms. The first-order valence-corrected chi connectivity index (χ1v) is 16.1. The second kappa shape index (κ2) is 27.1. The maximum Gasteiger partial charge on any atom is 0.392 e. The molecule has 0 aromatic rings. The lowest BCUT2D eigenvalue weighted by Gasteiger charge is -2.35. The van der Waals surface area contributed by atoms with Crippen molar-refractivity contribution in [2.75, 3.05) is 127 Å². The molecule has 0 aliphatic rings. The Hall–Kier alpha value is -2.56. The minimum Gasteiger partial charge on any atom is -0.600 e. The molecule has 0 aromatic heterocycles. The minimum atomic E-state index is -2.42. The molecular weight excluding hydrogens is 674 g/mol. The SMILES string of the molecule is CCOCC(C)(COC)C(=O)OC(C)(OC(=O)C(C)(COC)COCCOCCOCCOCCOCCO[NH+]([O-])CCC(=O)O)C(=O)OC. The molecule has 0 aliphatic carbocycles. The summed E-state index contributed by atoms with van der Waals surface area (Å²) in [4.78, 5) is 54.4. The number of esters is 3. The van der Waals surface area contributed by atoms with Gasteiger partial charge in [0.05, 0.1) is 99.4 Å². The molecule has 0 amide bonds. The Morgan fingerprint density at radius 2 is 1.00 bits per heavy atom. The normalized spacial score (nSPS) is 15.7. The van der Waals surface area contributed by atoms with Gasteiger partial charge < -0.3 is 62.4 Å². The van der Waals surface area contributed by atoms with E-state index in [1.807, 2.05) is 0 Å². The maximum atomic E-state index is 13.3. The van der Waals surface area contributed by atoms with Gasteiger partial charge in [-0.15, -0.1) is 0 Å². The number of ether oxygens (including phenoxy) is 11. The summed E-state index contributed by atoms with van der Waals surface area (Å²) in [5.74, 6) is -6.43. The summed E-state index contributed by atoms with van der Waals surface area (Å²) in [5, 5.41) is 19.2. The van der Waals surface area contributed by atoms with Crippen LogP contribution in [0.15, 0.2) is 0 Å². The van der Waals surface area contributed by atoms with Gasteiger partial charge in [-0.05, 0) is 20.8 Å². The van der Waals surface area contributed by atoms with Crippen molar-refractivity contribution in [2.24, 2.45) is 10.8 Å². The van der Waals surface area contributed by atoms with E-state index in [2.05, 4.69) is 0 Å². The Kier molecular flexibility index (Phi) is 25.8. The summed E-state index contributed by atoms with van der Waals surface area (Å²) in [7, 11) is 3.84. The lowest BCUT2D eigenvalue weighted by atomic mass is 9.92. The first-order chi connectivity index (χ1) is 23.7. The molecule has 0 spiro atoms. The van der Waals surface area contributed by atoms with Gasteiger partial charge in [0, 0.05) is 27.8 Å². The zero-order chi connectivity index (χ0) is 37.9. The van der Waals surface area contributed by atoms with Crippen molar-refractivity contribution >= 4 is 23.9 Å². The Bertz CT molecular complexity index is 957. The fourth-order valence-corrected chi connectivity index (χ4v) is 3.85. The van der Waals surface area contributed by atoms with Gasteiger partial charge in [-0.1, -0.05) is 0 Å². The van der Waals surface area contributed by atoms with Crippen LogP contribution in [0.2, 0.25) is 0 Å². The van der Waals surface area contributed by atoms with E-state index in [1.54, 1.807) is 6.92 Å². The van der Waals surface area contributed by atoms with Crippen molar-refractivity contribution in [1.29, 1.82) is 0 Å². The van der Waals surface area contributed by atoms with Crippen LogP contribution in [0.3, 0.4) is 0 Å². The highest BCUT2D eigenvalue weighted by Crippen LogP contribution is 2.29. The third-order valence-electron chi connectivity index (χ3n) is 6.61. The van der Waals surface area contributed by atoms with E-state index in [0.717, 1.165) is 14.0 Å². The van der Waals surface area contributed by atoms with Gasteiger partial charge in [0.1, 0.15) is 24.0 Å². The Morgan fingerprint density at radius 1 is 0.600 bits per heavy atom. The third kappa shape index (κ3) is 20.3. The fourth-order valence-electron chi connectivity index (χ4n) is 3.85. The van der Waals surface area contributed by atoms with Crippen molar-refractivity contribution in [3.05, 3.63) is 5.21 Å². The molecule has 0 aliphatic heterocycles. The number of carbonyl (C=O) groups excluding carboxylic acids is 3. The number of carbonyl (C=O) groups is 4. The van der Waals surface area contributed by atoms with E-state index in [-0.39, 0.29) is 79.0 Å². The smallest absolute Gasteiger partial charge is 0.392 e. The van der Waals surface area contributed by atoms with Crippen molar-refractivity contribution in [3.63, 3.8) is 0 Å². The van der Waals surface area contributed by atoms with Crippen molar-refractivity contribution < 1.29 is 86.5 Å². The van der Waals surface area contributed by atoms with Gasteiger partial charge in [-0.25, -0.2) is 14.9 Å². The van der Waals surface area contributed by atoms with Crippen LogP contribution in [0.4, 0.5) is 0 Å². The van der Waals surface area contributed by atoms with Gasteiger partial charge in [-0.3, -0.25) is 14.4 Å². The Balaban J connectivity index is 4.46. The van der Waals surface area contributed by atoms with Crippen LogP contribution in [-0.4, -0.2) is 162 Å². The van der Waals surface area contributed by atoms with Crippen molar-refractivity contribution in [1.82, 2.24) is 0 Å². The molecule has 0 radical (unpaired) electrons. The number of aliphatic carboxylic acids is 1. The molecule has 2 N–H and O–H groups in total. The lowest BCUT2D eigenvalue weighted by molar-refractivity contribution is -1.05. The molecule has 0 heterocycles. The van der Waals surface area contributed by atoms with Crippen LogP contribution in [-0.2, 0) is 76.1 Å². The molecule has 19 nitrogen and oxygen atoms in total. The highest BCUT2D eigenvalue weighted by atomic mass is 16.9. The molecule has 0 aromatic carbocycles. The Morgan fingerprint density at radius 3 is 1.38 bits per heavy atom. The molecule has 19 heteroatoms. The molecule has 4 atom stereocenters. The Labute approximate surface area is 293 Å². The average molecular weight is 732 g/mol. The van der Waals surface area contributed by atoms with Crippen LogP contribution < -0.4 is 5.23 Å². The first-order valence-electron chi connectivity index (χ1n) is 16.1. The van der Waals surface area contributed by atoms with E-state index in [0.29, 0.717) is 33.0 Å². The van der Waals surface area contributed by atoms with E-state index in [1.165, 1.54) is 28.1 Å². The zero-order valence-electron chi connectivity index (χ0n) is 30.4. The molecule has 50 heavy (non-hydrogen) atoms. The monoisotopic (exact) mass is 731 g/mol. The number of carboxylic acid groups (broad SMARTS) is 1. The van der Waals surface area contributed by atoms with E-state index < -0.39 is 45.7 Å². The van der Waals surface area contributed by atoms with E-state index in [9.17, 15) is 24.4 Å². The average Bonchev–Trinajstić information content (AvgIpc) is 3.07. The summed E-state index contributed by atoms with van der Waals surface area (Å²) in [5.41, 5.74) is -2.71. The van der Waals surface area contributed by atoms with Crippen LogP contribution in [0.5, 0.6) is 0 Å². The number of carboxylic acids is 1. The highest BCUT2D eigenvalue weighted by Gasteiger charge is 2.50. The van der Waals surface area contributed by atoms with Crippen molar-refractivity contribution in [2.45, 2.75) is 39.9 Å². The quantitative estimate of drug-likeness (QED) is 0.0364. The zero-order valence-corrected chi connectivity index (χ0v) is 30.4. The largest absolute Gasteiger partial charge is 0.600 e. The minimum absolute atomic E-state index is 0.0342. The molecule has 4 unspecified atom stereocenters. The number of hydrogen-bond acceptors (Lipinski definition) is 17. The lowest BCUT2D eigenvalue weighted by Crippen LogP contribution is -3.06. The summed E-state index contributed by atoms with van der Waals surface area (Å²) < 4.78 is 58.6. The molecule has 0 rings (SSSR count). The molecule has 0 saturated carbocycles. The fraction of sp³-hybridized carbons (Fsp3) is 0.871. The van der Waals surface area contributed by atoms with E-state index >= 15 is 0 Å².